The SMILES string of the molecule is N#CC1(c2cccc(Sc3ccc4c(ccc5nnc(-c6ccccn6)n54)c3)n2)CCOCC1. The lowest BCUT2D eigenvalue weighted by molar-refractivity contribution is 0.0662. The molecule has 0 atom stereocenters. The van der Waals surface area contributed by atoms with Crippen LogP contribution in [0.2, 0.25) is 0 Å². The largest absolute Gasteiger partial charge is 0.381 e. The van der Waals surface area contributed by atoms with Crippen molar-refractivity contribution >= 4 is 28.3 Å². The van der Waals surface area contributed by atoms with Gasteiger partial charge in [-0.2, -0.15) is 5.26 Å². The van der Waals surface area contributed by atoms with E-state index in [-0.39, 0.29) is 0 Å². The Balaban J connectivity index is 1.36. The molecule has 1 aromatic carbocycles. The van der Waals surface area contributed by atoms with Gasteiger partial charge in [0.05, 0.1) is 17.3 Å². The zero-order valence-corrected chi connectivity index (χ0v) is 19.1. The number of fused-ring (bicyclic) bond motifs is 3. The minimum Gasteiger partial charge on any atom is -0.381 e. The van der Waals surface area contributed by atoms with E-state index < -0.39 is 5.41 Å². The molecule has 0 saturated carbocycles. The van der Waals surface area contributed by atoms with Crippen LogP contribution in [0.5, 0.6) is 0 Å². The Bertz CT molecular complexity index is 1540. The molecule has 34 heavy (non-hydrogen) atoms. The summed E-state index contributed by atoms with van der Waals surface area (Å²) in [5.41, 5.74) is 2.83. The lowest BCUT2D eigenvalue weighted by Gasteiger charge is -2.30. The fourth-order valence-electron chi connectivity index (χ4n) is 4.40. The number of ether oxygens (including phenoxy) is 1. The van der Waals surface area contributed by atoms with Crippen LogP contribution in [0.25, 0.3) is 28.1 Å². The molecule has 166 valence electrons. The van der Waals surface area contributed by atoms with Crippen LogP contribution in [0, 0.1) is 11.3 Å². The van der Waals surface area contributed by atoms with Gasteiger partial charge in [-0.25, -0.2) is 4.98 Å². The third-order valence-electron chi connectivity index (χ3n) is 6.23. The second kappa shape index (κ2) is 8.52. The number of benzene rings is 1. The number of pyridine rings is 3. The zero-order chi connectivity index (χ0) is 23.0. The van der Waals surface area contributed by atoms with Gasteiger partial charge in [-0.1, -0.05) is 23.9 Å². The molecule has 5 aromatic rings. The minimum absolute atomic E-state index is 0.569. The number of hydrogen-bond donors (Lipinski definition) is 0. The van der Waals surface area contributed by atoms with E-state index in [4.69, 9.17) is 9.72 Å². The Morgan fingerprint density at radius 1 is 0.971 bits per heavy atom. The summed E-state index contributed by atoms with van der Waals surface area (Å²) in [4.78, 5) is 10.4. The van der Waals surface area contributed by atoms with Gasteiger partial charge in [-0.15, -0.1) is 10.2 Å². The van der Waals surface area contributed by atoms with E-state index in [9.17, 15) is 5.26 Å². The smallest absolute Gasteiger partial charge is 0.187 e. The van der Waals surface area contributed by atoms with Crippen LogP contribution in [0.4, 0.5) is 0 Å². The third-order valence-corrected chi connectivity index (χ3v) is 7.16. The number of nitrogens with zero attached hydrogens (tertiary/aromatic N) is 6. The van der Waals surface area contributed by atoms with Gasteiger partial charge in [0.1, 0.15) is 16.1 Å². The van der Waals surface area contributed by atoms with Gasteiger partial charge in [0.25, 0.3) is 0 Å². The van der Waals surface area contributed by atoms with Gasteiger partial charge in [0, 0.05) is 24.3 Å². The Hall–Kier alpha value is -3.80. The third kappa shape index (κ3) is 3.59. The monoisotopic (exact) mass is 464 g/mol. The maximum Gasteiger partial charge on any atom is 0.187 e. The molecular formula is C26H20N6OS. The number of nitriles is 1. The highest BCUT2D eigenvalue weighted by Crippen LogP contribution is 2.36. The molecule has 1 aliphatic heterocycles. The van der Waals surface area contributed by atoms with E-state index in [2.05, 4.69) is 45.5 Å². The molecular weight excluding hydrogens is 444 g/mol. The lowest BCUT2D eigenvalue weighted by atomic mass is 9.78. The molecule has 1 fully saturated rings. The molecule has 5 heterocycles. The van der Waals surface area contributed by atoms with Crippen molar-refractivity contribution in [2.75, 3.05) is 13.2 Å². The fourth-order valence-corrected chi connectivity index (χ4v) is 5.26. The van der Waals surface area contributed by atoms with Crippen molar-refractivity contribution in [1.29, 1.82) is 5.26 Å². The summed E-state index contributed by atoms with van der Waals surface area (Å²) >= 11 is 1.59. The van der Waals surface area contributed by atoms with Crippen LogP contribution >= 0.6 is 11.8 Å². The standard InChI is InChI=1S/C26H20N6OS/c27-17-26(11-14-33-15-12-26)22-5-3-6-24(29-22)34-19-8-9-21-18(16-19)7-10-23-30-31-25(32(21)23)20-4-1-2-13-28-20/h1-10,13,16H,11-12,14-15H2. The molecule has 6 rings (SSSR count). The van der Waals surface area contributed by atoms with Crippen molar-refractivity contribution in [1.82, 2.24) is 24.6 Å². The maximum absolute atomic E-state index is 9.90. The topological polar surface area (TPSA) is 89.0 Å². The van der Waals surface area contributed by atoms with Crippen molar-refractivity contribution in [2.24, 2.45) is 0 Å². The van der Waals surface area contributed by atoms with E-state index in [1.165, 1.54) is 0 Å². The normalized spacial score (nSPS) is 15.4. The molecule has 0 amide bonds. The molecule has 0 radical (unpaired) electrons. The molecule has 0 unspecified atom stereocenters. The van der Waals surface area contributed by atoms with E-state index in [1.807, 2.05) is 46.9 Å². The van der Waals surface area contributed by atoms with Crippen LogP contribution in [-0.2, 0) is 10.2 Å². The first-order chi connectivity index (χ1) is 16.8. The summed E-state index contributed by atoms with van der Waals surface area (Å²) in [6.45, 7) is 1.19. The minimum atomic E-state index is -0.569. The Morgan fingerprint density at radius 3 is 2.71 bits per heavy atom. The highest BCUT2D eigenvalue weighted by molar-refractivity contribution is 7.99. The van der Waals surface area contributed by atoms with Crippen LogP contribution in [0.15, 0.2) is 82.8 Å². The van der Waals surface area contributed by atoms with Gasteiger partial charge >= 0.3 is 0 Å². The second-order valence-corrected chi connectivity index (χ2v) is 9.35. The first kappa shape index (κ1) is 20.8. The van der Waals surface area contributed by atoms with E-state index in [0.29, 0.717) is 31.9 Å². The van der Waals surface area contributed by atoms with E-state index >= 15 is 0 Å². The number of hydrogen-bond acceptors (Lipinski definition) is 7. The summed E-state index contributed by atoms with van der Waals surface area (Å²) in [6, 6.07) is 24.5. The predicted octanol–water partition coefficient (Wildman–Crippen LogP) is 5.06. The molecule has 8 heteroatoms. The van der Waals surface area contributed by atoms with Crippen molar-refractivity contribution < 1.29 is 4.74 Å². The summed E-state index contributed by atoms with van der Waals surface area (Å²) in [5, 5.41) is 20.5. The number of rotatable bonds is 4. The first-order valence-corrected chi connectivity index (χ1v) is 11.9. The Kier molecular flexibility index (Phi) is 5.21. The molecule has 0 spiro atoms. The van der Waals surface area contributed by atoms with Gasteiger partial charge in [-0.05, 0) is 72.8 Å². The average molecular weight is 465 g/mol. The molecule has 0 N–H and O–H groups in total. The lowest BCUT2D eigenvalue weighted by Crippen LogP contribution is -2.33. The van der Waals surface area contributed by atoms with Gasteiger partial charge in [0.2, 0.25) is 0 Å². The molecule has 4 aromatic heterocycles. The number of aromatic nitrogens is 5. The summed E-state index contributed by atoms with van der Waals surface area (Å²) in [6.07, 6.45) is 3.11. The quantitative estimate of drug-likeness (QED) is 0.367. The zero-order valence-electron chi connectivity index (χ0n) is 18.3. The van der Waals surface area contributed by atoms with Crippen molar-refractivity contribution in [3.05, 3.63) is 78.6 Å². The molecule has 1 saturated heterocycles. The average Bonchev–Trinajstić information content (AvgIpc) is 3.34. The Morgan fingerprint density at radius 2 is 1.88 bits per heavy atom. The van der Waals surface area contributed by atoms with E-state index in [1.54, 1.807) is 18.0 Å². The van der Waals surface area contributed by atoms with Crippen LogP contribution in [0.1, 0.15) is 18.5 Å². The molecule has 7 nitrogen and oxygen atoms in total. The van der Waals surface area contributed by atoms with Crippen molar-refractivity contribution in [2.45, 2.75) is 28.2 Å². The van der Waals surface area contributed by atoms with Crippen LogP contribution in [-0.4, -0.2) is 37.8 Å². The summed E-state index contributed by atoms with van der Waals surface area (Å²) in [7, 11) is 0. The van der Waals surface area contributed by atoms with Gasteiger partial charge < -0.3 is 4.74 Å². The molecule has 0 bridgehead atoms. The molecule has 0 aliphatic carbocycles. The summed E-state index contributed by atoms with van der Waals surface area (Å²) in [5.74, 6) is 0.717. The summed E-state index contributed by atoms with van der Waals surface area (Å²) < 4.78 is 7.51. The highest BCUT2D eigenvalue weighted by atomic mass is 32.2. The fraction of sp³-hybridized carbons (Fsp3) is 0.192. The second-order valence-electron chi connectivity index (χ2n) is 8.26. The predicted molar refractivity (Wildman–Crippen MR) is 129 cm³/mol. The maximum atomic E-state index is 9.90. The van der Waals surface area contributed by atoms with Crippen LogP contribution in [0.3, 0.4) is 0 Å². The van der Waals surface area contributed by atoms with E-state index in [0.717, 1.165) is 37.9 Å². The van der Waals surface area contributed by atoms with Gasteiger partial charge in [0.15, 0.2) is 11.5 Å². The van der Waals surface area contributed by atoms with Gasteiger partial charge in [-0.3, -0.25) is 9.38 Å². The first-order valence-electron chi connectivity index (χ1n) is 11.1. The Labute approximate surface area is 200 Å². The molecule has 1 aliphatic rings. The van der Waals surface area contributed by atoms with Crippen LogP contribution < -0.4 is 0 Å². The highest BCUT2D eigenvalue weighted by Gasteiger charge is 2.36. The van der Waals surface area contributed by atoms with Crippen molar-refractivity contribution in [3.8, 4) is 17.6 Å². The van der Waals surface area contributed by atoms with Crippen molar-refractivity contribution in [3.63, 3.8) is 0 Å².